The molecule has 2 rings (SSSR count). The molecule has 1 aromatic rings. The van der Waals surface area contributed by atoms with Gasteiger partial charge in [0.25, 0.3) is 0 Å². The van der Waals surface area contributed by atoms with Crippen molar-refractivity contribution in [2.45, 2.75) is 44.4 Å². The molecule has 1 fully saturated rings. The van der Waals surface area contributed by atoms with Gasteiger partial charge in [0.05, 0.1) is 24.2 Å². The lowest BCUT2D eigenvalue weighted by molar-refractivity contribution is -0.136. The molecule has 0 unspecified atom stereocenters. The molecule has 1 aliphatic heterocycles. The molecule has 1 aromatic carbocycles. The molecule has 0 spiro atoms. The summed E-state index contributed by atoms with van der Waals surface area (Å²) in [5.74, 6) is -0.537. The fraction of sp³-hybridized carbons (Fsp3) is 0.533. The van der Waals surface area contributed by atoms with Crippen molar-refractivity contribution in [3.63, 3.8) is 0 Å². The Morgan fingerprint density at radius 3 is 2.55 bits per heavy atom. The van der Waals surface area contributed by atoms with Crippen LogP contribution in [-0.2, 0) is 4.79 Å². The number of aliphatic hydroxyl groups is 2. The Labute approximate surface area is 117 Å². The van der Waals surface area contributed by atoms with E-state index in [2.05, 4.69) is 0 Å². The molecule has 1 heterocycles. The van der Waals surface area contributed by atoms with Crippen LogP contribution in [0, 0.1) is 5.82 Å². The van der Waals surface area contributed by atoms with Gasteiger partial charge in [0, 0.05) is 6.54 Å². The van der Waals surface area contributed by atoms with Gasteiger partial charge >= 0.3 is 0 Å². The fourth-order valence-corrected chi connectivity index (χ4v) is 2.56. The molecule has 2 N–H and O–H groups in total. The van der Waals surface area contributed by atoms with Crippen LogP contribution in [0.5, 0.6) is 0 Å². The number of hydrogen-bond acceptors (Lipinski definition) is 3. The lowest BCUT2D eigenvalue weighted by Gasteiger charge is -2.27. The minimum atomic E-state index is -1.09. The van der Waals surface area contributed by atoms with Gasteiger partial charge in [-0.15, -0.1) is 0 Å². The van der Waals surface area contributed by atoms with Gasteiger partial charge in [-0.05, 0) is 38.0 Å². The van der Waals surface area contributed by atoms with Crippen molar-refractivity contribution in [1.29, 1.82) is 0 Å². The van der Waals surface area contributed by atoms with E-state index >= 15 is 0 Å². The highest BCUT2D eigenvalue weighted by Gasteiger charge is 2.36. The van der Waals surface area contributed by atoms with E-state index in [0.717, 1.165) is 5.56 Å². The summed E-state index contributed by atoms with van der Waals surface area (Å²) in [5.41, 5.74) is -0.287. The molecular weight excluding hydrogens is 261 g/mol. The molecule has 0 aromatic heterocycles. The number of likely N-dealkylation sites (tertiary alicyclic amines) is 1. The second-order valence-electron chi connectivity index (χ2n) is 5.99. The number of hydrogen-bond donors (Lipinski definition) is 2. The molecule has 110 valence electrons. The van der Waals surface area contributed by atoms with Gasteiger partial charge in [0.15, 0.2) is 0 Å². The average Bonchev–Trinajstić information content (AvgIpc) is 2.70. The van der Waals surface area contributed by atoms with Gasteiger partial charge in [-0.25, -0.2) is 4.39 Å². The number of aliphatic hydroxyl groups excluding tert-OH is 1. The summed E-state index contributed by atoms with van der Waals surface area (Å²) < 4.78 is 13.0. The molecule has 1 amide bonds. The molecular formula is C15H20FNO3. The monoisotopic (exact) mass is 281 g/mol. The van der Waals surface area contributed by atoms with Crippen LogP contribution in [0.15, 0.2) is 24.3 Å². The van der Waals surface area contributed by atoms with Crippen molar-refractivity contribution in [2.75, 3.05) is 6.54 Å². The summed E-state index contributed by atoms with van der Waals surface area (Å²) in [6, 6.07) is 5.68. The number of carbonyl (C=O) groups excluding carboxylic acids is 1. The number of amides is 1. The summed E-state index contributed by atoms with van der Waals surface area (Å²) in [7, 11) is 0. The van der Waals surface area contributed by atoms with E-state index in [9.17, 15) is 19.4 Å². The Kier molecular flexibility index (Phi) is 4.11. The third-order valence-electron chi connectivity index (χ3n) is 3.44. The molecule has 2 atom stereocenters. The number of β-amino-alcohol motifs (C(OH)–C–C–N with tert-alkyl or cyclic N) is 1. The molecule has 5 heteroatoms. The van der Waals surface area contributed by atoms with Crippen molar-refractivity contribution in [3.8, 4) is 0 Å². The Morgan fingerprint density at radius 1 is 1.40 bits per heavy atom. The Bertz CT molecular complexity index is 481. The van der Waals surface area contributed by atoms with E-state index in [4.69, 9.17) is 0 Å². The minimum Gasteiger partial charge on any atom is -0.391 e. The standard InChI is InChI=1S/C15H20FNO3/c1-15(2,20)8-14(19)17-9-12(18)7-13(17)10-3-5-11(16)6-4-10/h3-6,12-13,18,20H,7-9H2,1-2H3/t12-,13+/m1/s1. The maximum Gasteiger partial charge on any atom is 0.226 e. The van der Waals surface area contributed by atoms with Gasteiger partial charge in [0.1, 0.15) is 5.82 Å². The van der Waals surface area contributed by atoms with Gasteiger partial charge in [-0.1, -0.05) is 12.1 Å². The number of rotatable bonds is 3. The zero-order valence-electron chi connectivity index (χ0n) is 11.7. The number of halogens is 1. The fourth-order valence-electron chi connectivity index (χ4n) is 2.56. The summed E-state index contributed by atoms with van der Waals surface area (Å²) >= 11 is 0. The van der Waals surface area contributed by atoms with E-state index in [1.54, 1.807) is 30.9 Å². The topological polar surface area (TPSA) is 60.8 Å². The highest BCUT2D eigenvalue weighted by Crippen LogP contribution is 2.33. The van der Waals surface area contributed by atoms with Gasteiger partial charge in [-0.3, -0.25) is 4.79 Å². The quantitative estimate of drug-likeness (QED) is 0.885. The first-order valence-corrected chi connectivity index (χ1v) is 6.71. The normalized spacial score (nSPS) is 23.1. The SMILES string of the molecule is CC(C)(O)CC(=O)N1C[C@H](O)C[C@H]1c1ccc(F)cc1. The maximum absolute atomic E-state index is 13.0. The van der Waals surface area contributed by atoms with Crippen molar-refractivity contribution >= 4 is 5.91 Å². The van der Waals surface area contributed by atoms with E-state index < -0.39 is 11.7 Å². The van der Waals surface area contributed by atoms with Crippen LogP contribution < -0.4 is 0 Å². The third-order valence-corrected chi connectivity index (χ3v) is 3.44. The molecule has 0 saturated carbocycles. The zero-order chi connectivity index (χ0) is 14.9. The second kappa shape index (κ2) is 5.50. The van der Waals surface area contributed by atoms with Crippen molar-refractivity contribution < 1.29 is 19.4 Å². The Balaban J connectivity index is 2.18. The lowest BCUT2D eigenvalue weighted by atomic mass is 10.0. The van der Waals surface area contributed by atoms with E-state index in [0.29, 0.717) is 6.42 Å². The largest absolute Gasteiger partial charge is 0.391 e. The van der Waals surface area contributed by atoms with Crippen molar-refractivity contribution in [2.24, 2.45) is 0 Å². The second-order valence-corrected chi connectivity index (χ2v) is 5.99. The first-order valence-electron chi connectivity index (χ1n) is 6.71. The number of benzene rings is 1. The first kappa shape index (κ1) is 14.9. The smallest absolute Gasteiger partial charge is 0.226 e. The summed E-state index contributed by atoms with van der Waals surface area (Å²) in [6.45, 7) is 3.39. The summed E-state index contributed by atoms with van der Waals surface area (Å²) in [5, 5.41) is 19.6. The molecule has 20 heavy (non-hydrogen) atoms. The molecule has 1 saturated heterocycles. The zero-order valence-corrected chi connectivity index (χ0v) is 11.7. The van der Waals surface area contributed by atoms with Crippen LogP contribution >= 0.6 is 0 Å². The van der Waals surface area contributed by atoms with E-state index in [-0.39, 0.29) is 30.7 Å². The van der Waals surface area contributed by atoms with Gasteiger partial charge in [-0.2, -0.15) is 0 Å². The van der Waals surface area contributed by atoms with Gasteiger partial charge in [0.2, 0.25) is 5.91 Å². The Hall–Kier alpha value is -1.46. The summed E-state index contributed by atoms with van der Waals surface area (Å²) in [4.78, 5) is 13.8. The predicted octanol–water partition coefficient (Wildman–Crippen LogP) is 1.62. The van der Waals surface area contributed by atoms with Crippen LogP contribution in [0.2, 0.25) is 0 Å². The van der Waals surface area contributed by atoms with Gasteiger partial charge < -0.3 is 15.1 Å². The predicted molar refractivity (Wildman–Crippen MR) is 72.4 cm³/mol. The van der Waals surface area contributed by atoms with E-state index in [1.165, 1.54) is 12.1 Å². The Morgan fingerprint density at radius 2 is 2.00 bits per heavy atom. The molecule has 0 radical (unpaired) electrons. The van der Waals surface area contributed by atoms with Crippen LogP contribution in [0.1, 0.15) is 38.3 Å². The number of carbonyl (C=O) groups is 1. The highest BCUT2D eigenvalue weighted by molar-refractivity contribution is 5.78. The third kappa shape index (κ3) is 3.55. The number of nitrogens with zero attached hydrogens (tertiary/aromatic N) is 1. The lowest BCUT2D eigenvalue weighted by Crippen LogP contribution is -2.36. The maximum atomic E-state index is 13.0. The first-order chi connectivity index (χ1) is 9.26. The van der Waals surface area contributed by atoms with Crippen LogP contribution in [0.3, 0.4) is 0 Å². The highest BCUT2D eigenvalue weighted by atomic mass is 19.1. The summed E-state index contributed by atoms with van der Waals surface area (Å²) in [6.07, 6.45) is -0.156. The minimum absolute atomic E-state index is 0.00256. The molecule has 0 bridgehead atoms. The molecule has 4 nitrogen and oxygen atoms in total. The van der Waals surface area contributed by atoms with Crippen molar-refractivity contribution in [3.05, 3.63) is 35.6 Å². The molecule has 1 aliphatic rings. The average molecular weight is 281 g/mol. The van der Waals surface area contributed by atoms with Crippen molar-refractivity contribution in [1.82, 2.24) is 4.90 Å². The van der Waals surface area contributed by atoms with Crippen LogP contribution in [0.25, 0.3) is 0 Å². The van der Waals surface area contributed by atoms with E-state index in [1.807, 2.05) is 0 Å². The molecule has 0 aliphatic carbocycles. The van der Waals surface area contributed by atoms with Crippen LogP contribution in [0.4, 0.5) is 4.39 Å². The van der Waals surface area contributed by atoms with Crippen LogP contribution in [-0.4, -0.2) is 39.3 Å².